The topological polar surface area (TPSA) is 71.6 Å². The van der Waals surface area contributed by atoms with Crippen LogP contribution in [-0.4, -0.2) is 58.6 Å². The Hall–Kier alpha value is -0.850. The van der Waals surface area contributed by atoms with Gasteiger partial charge in [0.25, 0.3) is 0 Å². The molecule has 0 aliphatic rings. The van der Waals surface area contributed by atoms with Crippen molar-refractivity contribution < 1.29 is 14.3 Å². The second kappa shape index (κ2) is 19.2. The Bertz CT molecular complexity index is 253. The lowest BCUT2D eigenvalue weighted by atomic mass is 10.3. The molecule has 0 aliphatic heterocycles. The molecule has 0 unspecified atom stereocenters. The summed E-state index contributed by atoms with van der Waals surface area (Å²) in [6, 6.07) is 0. The Morgan fingerprint density at radius 1 is 0.739 bits per heavy atom. The molecule has 0 radical (unpaired) electrons. The van der Waals surface area contributed by atoms with Crippen LogP contribution in [-0.2, 0) is 9.47 Å². The molecule has 0 aromatic heterocycles. The monoisotopic (exact) mass is 331 g/mol. The minimum absolute atomic E-state index is 0.316. The molecule has 0 aliphatic carbocycles. The molecule has 0 rings (SSSR count). The molecular weight excluding hydrogens is 294 g/mol. The van der Waals surface area contributed by atoms with Crippen molar-refractivity contribution in [2.45, 2.75) is 52.4 Å². The highest BCUT2D eigenvalue weighted by atomic mass is 16.6. The third-order valence-corrected chi connectivity index (χ3v) is 3.27. The Kier molecular flexibility index (Phi) is 18.5. The van der Waals surface area contributed by atoms with Crippen LogP contribution >= 0.6 is 0 Å². The predicted octanol–water partition coefficient (Wildman–Crippen LogP) is 2.29. The van der Waals surface area contributed by atoms with E-state index in [-0.39, 0.29) is 6.09 Å². The van der Waals surface area contributed by atoms with Crippen molar-refractivity contribution in [3.05, 3.63) is 0 Å². The largest absolute Gasteiger partial charge is 0.447 e. The molecule has 0 aromatic rings. The van der Waals surface area contributed by atoms with Gasteiger partial charge in [0, 0.05) is 13.2 Å². The molecule has 0 atom stereocenters. The zero-order valence-electron chi connectivity index (χ0n) is 15.1. The van der Waals surface area contributed by atoms with Crippen LogP contribution in [0.5, 0.6) is 0 Å². The third-order valence-electron chi connectivity index (χ3n) is 3.27. The van der Waals surface area contributed by atoms with Gasteiger partial charge in [0.1, 0.15) is 6.61 Å². The van der Waals surface area contributed by atoms with E-state index in [1.165, 1.54) is 25.7 Å². The van der Waals surface area contributed by atoms with E-state index in [0.717, 1.165) is 39.0 Å². The van der Waals surface area contributed by atoms with Crippen LogP contribution in [0.25, 0.3) is 0 Å². The molecule has 6 heteroatoms. The van der Waals surface area contributed by atoms with Crippen LogP contribution in [0.3, 0.4) is 0 Å². The summed E-state index contributed by atoms with van der Waals surface area (Å²) in [6.45, 7) is 10.6. The van der Waals surface area contributed by atoms with Gasteiger partial charge in [-0.25, -0.2) is 4.79 Å². The zero-order chi connectivity index (χ0) is 17.0. The molecule has 3 N–H and O–H groups in total. The van der Waals surface area contributed by atoms with Crippen molar-refractivity contribution in [2.75, 3.05) is 52.5 Å². The Morgan fingerprint density at radius 3 is 2.04 bits per heavy atom. The van der Waals surface area contributed by atoms with E-state index < -0.39 is 0 Å². The highest BCUT2D eigenvalue weighted by molar-refractivity contribution is 5.66. The van der Waals surface area contributed by atoms with E-state index in [4.69, 9.17) is 9.47 Å². The quantitative estimate of drug-likeness (QED) is 0.357. The molecule has 0 fully saturated rings. The number of carbonyl (C=O) groups is 1. The van der Waals surface area contributed by atoms with Gasteiger partial charge in [0.05, 0.1) is 6.61 Å². The van der Waals surface area contributed by atoms with E-state index in [2.05, 4.69) is 22.9 Å². The van der Waals surface area contributed by atoms with Gasteiger partial charge in [0.2, 0.25) is 0 Å². The second-order valence-corrected chi connectivity index (χ2v) is 5.59. The Balaban J connectivity index is 3.10. The molecule has 0 bridgehead atoms. The van der Waals surface area contributed by atoms with Crippen LogP contribution in [0.2, 0.25) is 0 Å². The summed E-state index contributed by atoms with van der Waals surface area (Å²) in [7, 11) is 0. The maximum atomic E-state index is 11.3. The third kappa shape index (κ3) is 19.1. The lowest BCUT2D eigenvalue weighted by molar-refractivity contribution is 0.0731. The van der Waals surface area contributed by atoms with Crippen molar-refractivity contribution in [3.63, 3.8) is 0 Å². The van der Waals surface area contributed by atoms with E-state index in [9.17, 15) is 4.79 Å². The fourth-order valence-electron chi connectivity index (χ4n) is 1.95. The fourth-order valence-corrected chi connectivity index (χ4v) is 1.95. The van der Waals surface area contributed by atoms with Gasteiger partial charge >= 0.3 is 6.09 Å². The number of unbranched alkanes of at least 4 members (excludes halogenated alkanes) is 2. The zero-order valence-corrected chi connectivity index (χ0v) is 15.1. The smallest absolute Gasteiger partial charge is 0.407 e. The van der Waals surface area contributed by atoms with Crippen LogP contribution in [0.1, 0.15) is 52.4 Å². The summed E-state index contributed by atoms with van der Waals surface area (Å²) in [4.78, 5) is 11.3. The van der Waals surface area contributed by atoms with E-state index in [1.807, 2.05) is 6.92 Å². The van der Waals surface area contributed by atoms with Gasteiger partial charge in [-0.3, -0.25) is 0 Å². The Morgan fingerprint density at radius 2 is 1.39 bits per heavy atom. The van der Waals surface area contributed by atoms with E-state index in [1.54, 1.807) is 0 Å². The van der Waals surface area contributed by atoms with E-state index >= 15 is 0 Å². The maximum Gasteiger partial charge on any atom is 0.407 e. The number of ether oxygens (including phenoxy) is 2. The number of alkyl carbamates (subject to hydrolysis) is 1. The molecule has 23 heavy (non-hydrogen) atoms. The number of amides is 1. The molecule has 0 spiro atoms. The molecule has 138 valence electrons. The minimum atomic E-state index is -0.358. The lowest BCUT2D eigenvalue weighted by Gasteiger charge is -2.08. The van der Waals surface area contributed by atoms with E-state index in [0.29, 0.717) is 26.4 Å². The van der Waals surface area contributed by atoms with Gasteiger partial charge in [-0.2, -0.15) is 0 Å². The standard InChI is InChI=1S/C17H37N3O3/c1-3-5-9-18-10-6-7-11-19-12-8-13-20-17(21)23-16-15-22-14-4-2/h18-19H,3-16H2,1-2H3,(H,20,21). The molecule has 0 saturated carbocycles. The summed E-state index contributed by atoms with van der Waals surface area (Å²) >= 11 is 0. The molecule has 0 heterocycles. The maximum absolute atomic E-state index is 11.3. The number of hydrogen-bond acceptors (Lipinski definition) is 5. The van der Waals surface area contributed by atoms with Crippen molar-refractivity contribution in [1.82, 2.24) is 16.0 Å². The Labute approximate surface area is 142 Å². The van der Waals surface area contributed by atoms with Crippen molar-refractivity contribution in [2.24, 2.45) is 0 Å². The summed E-state index contributed by atoms with van der Waals surface area (Å²) in [5.74, 6) is 0. The fraction of sp³-hybridized carbons (Fsp3) is 0.941. The SMILES string of the molecule is CCCCNCCCCNCCCNC(=O)OCCOCCC. The van der Waals surface area contributed by atoms with Crippen LogP contribution in [0.4, 0.5) is 4.79 Å². The second-order valence-electron chi connectivity index (χ2n) is 5.59. The average Bonchev–Trinajstić information content (AvgIpc) is 2.55. The minimum Gasteiger partial charge on any atom is -0.447 e. The number of carbonyl (C=O) groups excluding carboxylic acids is 1. The van der Waals surface area contributed by atoms with Gasteiger partial charge in [-0.05, 0) is 58.3 Å². The first-order valence-electron chi connectivity index (χ1n) is 9.21. The van der Waals surface area contributed by atoms with Crippen molar-refractivity contribution in [1.29, 1.82) is 0 Å². The first-order valence-corrected chi connectivity index (χ1v) is 9.21. The average molecular weight is 332 g/mol. The van der Waals surface area contributed by atoms with Crippen LogP contribution < -0.4 is 16.0 Å². The van der Waals surface area contributed by atoms with Gasteiger partial charge in [-0.1, -0.05) is 20.3 Å². The molecule has 1 amide bonds. The van der Waals surface area contributed by atoms with Crippen molar-refractivity contribution >= 4 is 6.09 Å². The molecule has 0 aromatic carbocycles. The molecule has 6 nitrogen and oxygen atoms in total. The number of rotatable bonds is 17. The number of nitrogens with one attached hydrogen (secondary N) is 3. The van der Waals surface area contributed by atoms with Crippen LogP contribution in [0.15, 0.2) is 0 Å². The first kappa shape index (κ1) is 22.1. The highest BCUT2D eigenvalue weighted by Crippen LogP contribution is 1.88. The normalized spacial score (nSPS) is 10.7. The summed E-state index contributed by atoms with van der Waals surface area (Å²) in [5.41, 5.74) is 0. The molecular formula is C17H37N3O3. The van der Waals surface area contributed by atoms with Crippen LogP contribution in [0, 0.1) is 0 Å². The van der Waals surface area contributed by atoms with Gasteiger partial charge < -0.3 is 25.4 Å². The van der Waals surface area contributed by atoms with Crippen molar-refractivity contribution in [3.8, 4) is 0 Å². The summed E-state index contributed by atoms with van der Waals surface area (Å²) in [5, 5.41) is 9.57. The van der Waals surface area contributed by atoms with Gasteiger partial charge in [0.15, 0.2) is 0 Å². The highest BCUT2D eigenvalue weighted by Gasteiger charge is 2.00. The lowest BCUT2D eigenvalue weighted by Crippen LogP contribution is -2.29. The first-order chi connectivity index (χ1) is 11.3. The number of hydrogen-bond donors (Lipinski definition) is 3. The predicted molar refractivity (Wildman–Crippen MR) is 95.0 cm³/mol. The van der Waals surface area contributed by atoms with Gasteiger partial charge in [-0.15, -0.1) is 0 Å². The summed E-state index contributed by atoms with van der Waals surface area (Å²) < 4.78 is 10.2. The summed E-state index contributed by atoms with van der Waals surface area (Å²) in [6.07, 6.45) is 6.45. The molecule has 0 saturated heterocycles.